The second-order valence-electron chi connectivity index (χ2n) is 9.30. The van der Waals surface area contributed by atoms with Gasteiger partial charge < -0.3 is 19.3 Å². The highest BCUT2D eigenvalue weighted by Crippen LogP contribution is 2.38. The predicted octanol–water partition coefficient (Wildman–Crippen LogP) is 3.86. The van der Waals surface area contributed by atoms with Crippen LogP contribution < -0.4 is 4.72 Å². The zero-order chi connectivity index (χ0) is 25.7. The molecule has 0 bridgehead atoms. The number of benzene rings is 3. The second-order valence-corrected chi connectivity index (χ2v) is 11.0. The van der Waals surface area contributed by atoms with Gasteiger partial charge in [-0.2, -0.15) is 0 Å². The Bertz CT molecular complexity index is 1250. The largest absolute Gasteiger partial charge is 0.392 e. The molecule has 8 nitrogen and oxygen atoms in total. The van der Waals surface area contributed by atoms with Crippen molar-refractivity contribution in [3.05, 3.63) is 95.6 Å². The third kappa shape index (κ3) is 6.56. The molecule has 5 rings (SSSR count). The predicted molar refractivity (Wildman–Crippen MR) is 139 cm³/mol. The Morgan fingerprint density at radius 3 is 2.22 bits per heavy atom. The molecule has 2 fully saturated rings. The van der Waals surface area contributed by atoms with Crippen LogP contribution in [0, 0.1) is 0 Å². The van der Waals surface area contributed by atoms with Crippen molar-refractivity contribution in [3.63, 3.8) is 0 Å². The Kier molecular flexibility index (Phi) is 8.19. The fourth-order valence-corrected chi connectivity index (χ4v) is 5.71. The van der Waals surface area contributed by atoms with Crippen LogP contribution in [-0.4, -0.2) is 57.4 Å². The third-order valence-corrected chi connectivity index (χ3v) is 8.07. The first kappa shape index (κ1) is 25.8. The number of aliphatic hydroxyl groups excluding tert-OH is 1. The van der Waals surface area contributed by atoms with Gasteiger partial charge in [0.25, 0.3) is 10.0 Å². The van der Waals surface area contributed by atoms with E-state index in [2.05, 4.69) is 9.62 Å². The number of nitrogens with one attached hydrogen (secondary N) is 1. The molecule has 3 atom stereocenters. The Hall–Kier alpha value is -2.79. The van der Waals surface area contributed by atoms with E-state index in [1.54, 1.807) is 42.5 Å². The molecule has 9 heteroatoms. The topological polar surface area (TPSA) is 97.3 Å². The maximum atomic E-state index is 12.7. The van der Waals surface area contributed by atoms with Crippen LogP contribution in [0.15, 0.2) is 83.8 Å². The molecule has 196 valence electrons. The standard InChI is InChI=1S/C28H32N2O6S/c31-20-21-6-8-22(9-7-21)27-18-25(19-30-14-16-34-17-15-30)35-28(36-27)23-10-12-24(13-11-23)29-37(32,33)26-4-2-1-3-5-26/h1-13,25,27-29,31H,14-20H2. The van der Waals surface area contributed by atoms with E-state index < -0.39 is 16.3 Å². The summed E-state index contributed by atoms with van der Waals surface area (Å²) in [4.78, 5) is 2.56. The lowest BCUT2D eigenvalue weighted by Gasteiger charge is -2.39. The quantitative estimate of drug-likeness (QED) is 0.462. The summed E-state index contributed by atoms with van der Waals surface area (Å²) in [5.74, 6) is 0. The van der Waals surface area contributed by atoms with Crippen molar-refractivity contribution in [2.45, 2.75) is 36.4 Å². The summed E-state index contributed by atoms with van der Waals surface area (Å²) in [5.41, 5.74) is 3.16. The number of ether oxygens (including phenoxy) is 3. The molecule has 2 aliphatic rings. The maximum absolute atomic E-state index is 12.7. The molecule has 2 heterocycles. The molecule has 3 aromatic rings. The van der Waals surface area contributed by atoms with Gasteiger partial charge in [0.1, 0.15) is 0 Å². The molecule has 2 aliphatic heterocycles. The van der Waals surface area contributed by atoms with Gasteiger partial charge in [0.15, 0.2) is 6.29 Å². The summed E-state index contributed by atoms with van der Waals surface area (Å²) in [6, 6.07) is 23.2. The lowest BCUT2D eigenvalue weighted by Crippen LogP contribution is -2.44. The van der Waals surface area contributed by atoms with Gasteiger partial charge in [-0.3, -0.25) is 9.62 Å². The Morgan fingerprint density at radius 2 is 1.54 bits per heavy atom. The van der Waals surface area contributed by atoms with Crippen molar-refractivity contribution in [2.24, 2.45) is 0 Å². The average Bonchev–Trinajstić information content (AvgIpc) is 2.94. The number of sulfonamides is 1. The molecule has 2 saturated heterocycles. The molecule has 0 spiro atoms. The number of hydrogen-bond acceptors (Lipinski definition) is 7. The highest BCUT2D eigenvalue weighted by Gasteiger charge is 2.33. The van der Waals surface area contributed by atoms with Gasteiger partial charge in [0, 0.05) is 37.3 Å². The minimum atomic E-state index is -3.67. The summed E-state index contributed by atoms with van der Waals surface area (Å²) < 4.78 is 46.3. The van der Waals surface area contributed by atoms with Gasteiger partial charge in [-0.15, -0.1) is 0 Å². The highest BCUT2D eigenvalue weighted by atomic mass is 32.2. The van der Waals surface area contributed by atoms with E-state index in [4.69, 9.17) is 14.2 Å². The van der Waals surface area contributed by atoms with Crippen LogP contribution in [0.4, 0.5) is 5.69 Å². The van der Waals surface area contributed by atoms with Crippen molar-refractivity contribution in [1.82, 2.24) is 4.90 Å². The number of rotatable bonds is 8. The van der Waals surface area contributed by atoms with Crippen molar-refractivity contribution in [1.29, 1.82) is 0 Å². The SMILES string of the molecule is O=S(=O)(Nc1ccc(C2OC(CN3CCOCC3)CC(c3ccc(CO)cc3)O2)cc1)c1ccccc1. The van der Waals surface area contributed by atoms with Crippen LogP contribution in [0.3, 0.4) is 0 Å². The van der Waals surface area contributed by atoms with Crippen LogP contribution >= 0.6 is 0 Å². The van der Waals surface area contributed by atoms with Gasteiger partial charge in [-0.25, -0.2) is 8.42 Å². The lowest BCUT2D eigenvalue weighted by molar-refractivity contribution is -0.253. The van der Waals surface area contributed by atoms with Crippen LogP contribution in [0.2, 0.25) is 0 Å². The molecule has 0 radical (unpaired) electrons. The fourth-order valence-electron chi connectivity index (χ4n) is 4.63. The van der Waals surface area contributed by atoms with Crippen LogP contribution in [0.5, 0.6) is 0 Å². The van der Waals surface area contributed by atoms with Crippen LogP contribution in [-0.2, 0) is 30.8 Å². The highest BCUT2D eigenvalue weighted by molar-refractivity contribution is 7.92. The van der Waals surface area contributed by atoms with E-state index in [1.807, 2.05) is 36.4 Å². The molecule has 2 N–H and O–H groups in total. The van der Waals surface area contributed by atoms with Gasteiger partial charge >= 0.3 is 0 Å². The minimum absolute atomic E-state index is 0.00241. The number of morpholine rings is 1. The smallest absolute Gasteiger partial charge is 0.261 e. The summed E-state index contributed by atoms with van der Waals surface area (Å²) in [6.45, 7) is 3.97. The molecule has 0 saturated carbocycles. The van der Waals surface area contributed by atoms with E-state index in [1.165, 1.54) is 0 Å². The number of anilines is 1. The third-order valence-electron chi connectivity index (χ3n) is 6.67. The van der Waals surface area contributed by atoms with Gasteiger partial charge in [-0.1, -0.05) is 54.6 Å². The molecule has 0 aliphatic carbocycles. The molecule has 37 heavy (non-hydrogen) atoms. The summed E-state index contributed by atoms with van der Waals surface area (Å²) in [7, 11) is -3.67. The first-order chi connectivity index (χ1) is 18.0. The average molecular weight is 525 g/mol. The van der Waals surface area contributed by atoms with Gasteiger partial charge in [0.05, 0.1) is 36.9 Å². The fraction of sp³-hybridized carbons (Fsp3) is 0.357. The number of nitrogens with zero attached hydrogens (tertiary/aromatic N) is 1. The zero-order valence-electron chi connectivity index (χ0n) is 20.5. The van der Waals surface area contributed by atoms with Gasteiger partial charge in [-0.05, 0) is 35.4 Å². The van der Waals surface area contributed by atoms with E-state index in [-0.39, 0.29) is 23.7 Å². The Balaban J connectivity index is 1.33. The van der Waals surface area contributed by atoms with Crippen molar-refractivity contribution < 1.29 is 27.7 Å². The van der Waals surface area contributed by atoms with E-state index in [0.717, 1.165) is 49.5 Å². The van der Waals surface area contributed by atoms with Crippen LogP contribution in [0.25, 0.3) is 0 Å². The number of aliphatic hydroxyl groups is 1. The summed E-state index contributed by atoms with van der Waals surface area (Å²) in [5, 5.41) is 9.40. The minimum Gasteiger partial charge on any atom is -0.392 e. The number of hydrogen-bond donors (Lipinski definition) is 2. The van der Waals surface area contributed by atoms with E-state index in [9.17, 15) is 13.5 Å². The molecular formula is C28H32N2O6S. The van der Waals surface area contributed by atoms with E-state index >= 15 is 0 Å². The maximum Gasteiger partial charge on any atom is 0.261 e. The second kappa shape index (κ2) is 11.7. The molecule has 3 aromatic carbocycles. The Morgan fingerprint density at radius 1 is 0.865 bits per heavy atom. The first-order valence-electron chi connectivity index (χ1n) is 12.5. The lowest BCUT2D eigenvalue weighted by atomic mass is 9.99. The summed E-state index contributed by atoms with van der Waals surface area (Å²) in [6.07, 6.45) is -0.104. The summed E-state index contributed by atoms with van der Waals surface area (Å²) >= 11 is 0. The molecule has 3 unspecified atom stereocenters. The molecule has 0 aromatic heterocycles. The van der Waals surface area contributed by atoms with Crippen molar-refractivity contribution in [2.75, 3.05) is 37.6 Å². The monoisotopic (exact) mass is 524 g/mol. The Labute approximate surface area is 217 Å². The van der Waals surface area contributed by atoms with Crippen molar-refractivity contribution in [3.8, 4) is 0 Å². The molecular weight excluding hydrogens is 492 g/mol. The zero-order valence-corrected chi connectivity index (χ0v) is 21.3. The van der Waals surface area contributed by atoms with Crippen molar-refractivity contribution >= 4 is 15.7 Å². The van der Waals surface area contributed by atoms with Gasteiger partial charge in [0.2, 0.25) is 0 Å². The van der Waals surface area contributed by atoms with Crippen LogP contribution in [0.1, 0.15) is 35.5 Å². The first-order valence-corrected chi connectivity index (χ1v) is 14.0. The van der Waals surface area contributed by atoms with E-state index in [0.29, 0.717) is 12.1 Å². The normalized spacial score (nSPS) is 23.0. The molecule has 0 amide bonds.